The fourth-order valence-electron chi connectivity index (χ4n) is 2.82. The smallest absolute Gasteiger partial charge is 0.267 e. The van der Waals surface area contributed by atoms with Crippen molar-refractivity contribution in [3.63, 3.8) is 0 Å². The Labute approximate surface area is 152 Å². The number of nitrogens with zero attached hydrogens (tertiary/aromatic N) is 2. The van der Waals surface area contributed by atoms with E-state index < -0.39 is 6.04 Å². The predicted molar refractivity (Wildman–Crippen MR) is 101 cm³/mol. The topological polar surface area (TPSA) is 64.0 Å². The first-order chi connectivity index (χ1) is 12.6. The summed E-state index contributed by atoms with van der Waals surface area (Å²) >= 11 is 0. The lowest BCUT2D eigenvalue weighted by atomic mass is 9.98. The van der Waals surface area contributed by atoms with Gasteiger partial charge in [-0.05, 0) is 31.0 Å². The summed E-state index contributed by atoms with van der Waals surface area (Å²) in [6.07, 6.45) is 0. The first kappa shape index (κ1) is 17.6. The Morgan fingerprint density at radius 2 is 1.46 bits per heavy atom. The molecule has 0 radical (unpaired) electrons. The van der Waals surface area contributed by atoms with E-state index in [1.807, 2.05) is 60.7 Å². The van der Waals surface area contributed by atoms with E-state index in [9.17, 15) is 9.59 Å². The van der Waals surface area contributed by atoms with Crippen LogP contribution in [0, 0.1) is 6.92 Å². The largest absolute Gasteiger partial charge is 0.343 e. The molecule has 0 spiro atoms. The number of aryl methyl sites for hydroxylation is 1. The Kier molecular flexibility index (Phi) is 5.27. The van der Waals surface area contributed by atoms with Crippen molar-refractivity contribution in [3.05, 3.63) is 100.0 Å². The molecule has 1 heterocycles. The fourth-order valence-corrected chi connectivity index (χ4v) is 2.82. The summed E-state index contributed by atoms with van der Waals surface area (Å²) in [5.41, 5.74) is 2.34. The average molecular weight is 347 g/mol. The quantitative estimate of drug-likeness (QED) is 0.772. The van der Waals surface area contributed by atoms with E-state index in [0.717, 1.165) is 11.1 Å². The molecule has 0 saturated carbocycles. The first-order valence-electron chi connectivity index (χ1n) is 8.53. The highest BCUT2D eigenvalue weighted by Crippen LogP contribution is 2.22. The van der Waals surface area contributed by atoms with Gasteiger partial charge >= 0.3 is 0 Å². The van der Waals surface area contributed by atoms with Crippen molar-refractivity contribution >= 4 is 5.91 Å². The van der Waals surface area contributed by atoms with Gasteiger partial charge in [-0.1, -0.05) is 60.7 Å². The first-order valence-corrected chi connectivity index (χ1v) is 8.53. The molecule has 2 aromatic carbocycles. The maximum atomic E-state index is 12.9. The molecule has 0 fully saturated rings. The Morgan fingerprint density at radius 3 is 2.00 bits per heavy atom. The number of aromatic nitrogens is 2. The highest BCUT2D eigenvalue weighted by atomic mass is 16.2. The minimum atomic E-state index is -0.711. The van der Waals surface area contributed by atoms with Crippen molar-refractivity contribution in [2.75, 3.05) is 0 Å². The van der Waals surface area contributed by atoms with E-state index in [0.29, 0.717) is 5.69 Å². The van der Waals surface area contributed by atoms with Gasteiger partial charge in [-0.15, -0.1) is 0 Å². The number of amides is 1. The van der Waals surface area contributed by atoms with Gasteiger partial charge in [-0.3, -0.25) is 9.59 Å². The zero-order valence-electron chi connectivity index (χ0n) is 14.8. The maximum Gasteiger partial charge on any atom is 0.267 e. The third-order valence-corrected chi connectivity index (χ3v) is 4.26. The second kappa shape index (κ2) is 7.78. The van der Waals surface area contributed by atoms with Crippen LogP contribution in [0.5, 0.6) is 0 Å². The Morgan fingerprint density at radius 1 is 0.923 bits per heavy atom. The monoisotopic (exact) mass is 347 g/mol. The molecule has 3 aromatic rings. The summed E-state index contributed by atoms with van der Waals surface area (Å²) in [6.45, 7) is 3.47. The number of hydrogen-bond acceptors (Lipinski definition) is 3. The van der Waals surface area contributed by atoms with Gasteiger partial charge in [-0.25, -0.2) is 4.68 Å². The van der Waals surface area contributed by atoms with Crippen LogP contribution in [0.15, 0.2) is 77.6 Å². The van der Waals surface area contributed by atoms with E-state index >= 15 is 0 Å². The molecule has 0 saturated heterocycles. The van der Waals surface area contributed by atoms with Gasteiger partial charge in [0, 0.05) is 6.07 Å². The van der Waals surface area contributed by atoms with Crippen molar-refractivity contribution < 1.29 is 4.79 Å². The van der Waals surface area contributed by atoms with E-state index in [4.69, 9.17) is 0 Å². The number of nitrogens with one attached hydrogen (secondary N) is 1. The highest BCUT2D eigenvalue weighted by Gasteiger charge is 2.22. The lowest BCUT2D eigenvalue weighted by Gasteiger charge is -2.22. The Hall–Kier alpha value is -3.21. The van der Waals surface area contributed by atoms with Crippen molar-refractivity contribution in [1.82, 2.24) is 15.1 Å². The van der Waals surface area contributed by atoms with Gasteiger partial charge in [0.1, 0.15) is 6.04 Å². The molecule has 132 valence electrons. The molecular formula is C21H21N3O2. The van der Waals surface area contributed by atoms with Crippen LogP contribution >= 0.6 is 0 Å². The minimum absolute atomic E-state index is 0.261. The van der Waals surface area contributed by atoms with Crippen LogP contribution in [0.2, 0.25) is 0 Å². The molecule has 0 aliphatic heterocycles. The molecule has 0 unspecified atom stereocenters. The fraction of sp³-hybridized carbons (Fsp3) is 0.190. The molecule has 1 atom stereocenters. The standard InChI is InChI=1S/C21H21N3O2/c1-15-13-14-19(25)24(23-15)16(2)21(26)22-20(17-9-5-3-6-10-17)18-11-7-4-8-12-18/h3-14,16,20H,1-2H3,(H,22,26)/t16-/m0/s1. The molecule has 5 heteroatoms. The zero-order valence-corrected chi connectivity index (χ0v) is 14.8. The van der Waals surface area contributed by atoms with Gasteiger partial charge in [0.2, 0.25) is 5.91 Å². The van der Waals surface area contributed by atoms with Gasteiger partial charge in [0.15, 0.2) is 0 Å². The molecule has 1 aromatic heterocycles. The molecule has 0 bridgehead atoms. The van der Waals surface area contributed by atoms with Crippen LogP contribution in [-0.4, -0.2) is 15.7 Å². The molecule has 3 rings (SSSR count). The highest BCUT2D eigenvalue weighted by molar-refractivity contribution is 5.80. The van der Waals surface area contributed by atoms with Crippen LogP contribution in [0.4, 0.5) is 0 Å². The average Bonchev–Trinajstić information content (AvgIpc) is 2.68. The van der Waals surface area contributed by atoms with Gasteiger partial charge in [0.05, 0.1) is 11.7 Å². The normalized spacial score (nSPS) is 12.0. The number of benzene rings is 2. The van der Waals surface area contributed by atoms with Crippen LogP contribution < -0.4 is 10.9 Å². The second-order valence-corrected chi connectivity index (χ2v) is 6.20. The van der Waals surface area contributed by atoms with Gasteiger partial charge in [-0.2, -0.15) is 5.10 Å². The van der Waals surface area contributed by atoms with Crippen molar-refractivity contribution in [2.45, 2.75) is 25.9 Å². The second-order valence-electron chi connectivity index (χ2n) is 6.20. The Balaban J connectivity index is 1.90. The van der Waals surface area contributed by atoms with E-state index in [1.54, 1.807) is 19.9 Å². The van der Waals surface area contributed by atoms with Crippen LogP contribution in [0.25, 0.3) is 0 Å². The molecule has 26 heavy (non-hydrogen) atoms. The molecular weight excluding hydrogens is 326 g/mol. The minimum Gasteiger partial charge on any atom is -0.343 e. The van der Waals surface area contributed by atoms with Crippen molar-refractivity contribution in [1.29, 1.82) is 0 Å². The van der Waals surface area contributed by atoms with Gasteiger partial charge in [0.25, 0.3) is 5.56 Å². The number of rotatable bonds is 5. The predicted octanol–water partition coefficient (Wildman–Crippen LogP) is 3.02. The molecule has 1 amide bonds. The van der Waals surface area contributed by atoms with Crippen molar-refractivity contribution in [2.24, 2.45) is 0 Å². The lowest BCUT2D eigenvalue weighted by molar-refractivity contribution is -0.124. The molecule has 5 nitrogen and oxygen atoms in total. The number of carbonyl (C=O) groups excluding carboxylic acids is 1. The van der Waals surface area contributed by atoms with E-state index in [2.05, 4.69) is 10.4 Å². The molecule has 0 aliphatic rings. The summed E-state index contributed by atoms with van der Waals surface area (Å²) in [5, 5.41) is 7.25. The summed E-state index contributed by atoms with van der Waals surface area (Å²) < 4.78 is 1.22. The van der Waals surface area contributed by atoms with E-state index in [-0.39, 0.29) is 17.5 Å². The summed E-state index contributed by atoms with van der Waals surface area (Å²) in [6, 6.07) is 21.6. The zero-order chi connectivity index (χ0) is 18.5. The SMILES string of the molecule is Cc1ccc(=O)n([C@@H](C)C(=O)NC(c2ccccc2)c2ccccc2)n1. The summed E-state index contributed by atoms with van der Waals surface area (Å²) in [5.74, 6) is -0.261. The number of carbonyl (C=O) groups is 1. The lowest BCUT2D eigenvalue weighted by Crippen LogP contribution is -2.39. The summed E-state index contributed by atoms with van der Waals surface area (Å²) in [7, 11) is 0. The van der Waals surface area contributed by atoms with Crippen LogP contribution in [0.3, 0.4) is 0 Å². The van der Waals surface area contributed by atoms with Gasteiger partial charge < -0.3 is 5.32 Å². The third kappa shape index (κ3) is 3.88. The van der Waals surface area contributed by atoms with E-state index in [1.165, 1.54) is 10.7 Å². The summed E-state index contributed by atoms with van der Waals surface area (Å²) in [4.78, 5) is 24.9. The molecule has 0 aliphatic carbocycles. The number of hydrogen-bond donors (Lipinski definition) is 1. The van der Waals surface area contributed by atoms with Crippen molar-refractivity contribution in [3.8, 4) is 0 Å². The van der Waals surface area contributed by atoms with Crippen LogP contribution in [-0.2, 0) is 4.79 Å². The van der Waals surface area contributed by atoms with Crippen LogP contribution in [0.1, 0.15) is 35.8 Å². The maximum absolute atomic E-state index is 12.9. The Bertz CT molecular complexity index is 897. The molecule has 1 N–H and O–H groups in total. The third-order valence-electron chi connectivity index (χ3n) is 4.26.